The van der Waals surface area contributed by atoms with Gasteiger partial charge in [0.05, 0.1) is 4.90 Å². The number of benzene rings is 2. The number of sulfonamides is 1. The molecule has 1 aromatic heterocycles. The minimum Gasteiger partial charge on any atom is -0.352 e. The summed E-state index contributed by atoms with van der Waals surface area (Å²) in [6, 6.07) is 16.8. The molecule has 0 aliphatic rings. The number of aromatic nitrogens is 1. The minimum atomic E-state index is -3.78. The second-order valence-corrected chi connectivity index (χ2v) is 8.05. The zero-order valence-electron chi connectivity index (χ0n) is 15.4. The Kier molecular flexibility index (Phi) is 6.06. The van der Waals surface area contributed by atoms with Gasteiger partial charge in [-0.3, -0.25) is 14.5 Å². The van der Waals surface area contributed by atoms with Crippen LogP contribution in [0.2, 0.25) is 0 Å². The Bertz CT molecular complexity index is 1050. The highest BCUT2D eigenvalue weighted by Crippen LogP contribution is 2.17. The van der Waals surface area contributed by atoms with E-state index in [9.17, 15) is 13.2 Å². The van der Waals surface area contributed by atoms with Gasteiger partial charge < -0.3 is 5.32 Å². The van der Waals surface area contributed by atoms with Crippen molar-refractivity contribution in [1.29, 1.82) is 0 Å². The summed E-state index contributed by atoms with van der Waals surface area (Å²) in [5, 5.41) is 2.80. The Hall–Kier alpha value is -3.19. The third-order valence-corrected chi connectivity index (χ3v) is 5.51. The van der Waals surface area contributed by atoms with Crippen molar-refractivity contribution in [3.8, 4) is 0 Å². The molecule has 2 aromatic carbocycles. The smallest absolute Gasteiger partial charge is 0.261 e. The largest absolute Gasteiger partial charge is 0.352 e. The fourth-order valence-corrected chi connectivity index (χ4v) is 3.71. The Balaban J connectivity index is 1.66. The molecule has 0 spiro atoms. The molecule has 0 bridgehead atoms. The van der Waals surface area contributed by atoms with Crippen molar-refractivity contribution in [2.24, 2.45) is 0 Å². The van der Waals surface area contributed by atoms with Gasteiger partial charge in [0.1, 0.15) is 0 Å². The fourth-order valence-electron chi connectivity index (χ4n) is 2.61. The fraction of sp³-hybridized carbons (Fsp3) is 0.143. The number of nitrogens with one attached hydrogen (secondary N) is 2. The van der Waals surface area contributed by atoms with Crippen LogP contribution in [-0.4, -0.2) is 25.9 Å². The minimum absolute atomic E-state index is 0.0352. The summed E-state index contributed by atoms with van der Waals surface area (Å²) in [6.45, 7) is 2.36. The number of nitrogens with zero attached hydrogens (tertiary/aromatic N) is 1. The molecule has 6 nitrogen and oxygen atoms in total. The first-order chi connectivity index (χ1) is 13.4. The molecule has 3 rings (SSSR count). The van der Waals surface area contributed by atoms with Crippen LogP contribution in [0.4, 0.5) is 5.69 Å². The molecule has 7 heteroatoms. The van der Waals surface area contributed by atoms with Gasteiger partial charge in [-0.1, -0.05) is 29.8 Å². The van der Waals surface area contributed by atoms with Crippen molar-refractivity contribution in [1.82, 2.24) is 10.3 Å². The quantitative estimate of drug-likeness (QED) is 0.643. The van der Waals surface area contributed by atoms with E-state index in [2.05, 4.69) is 15.0 Å². The molecule has 144 valence electrons. The zero-order valence-corrected chi connectivity index (χ0v) is 16.2. The summed E-state index contributed by atoms with van der Waals surface area (Å²) in [6.07, 6.45) is 4.08. The van der Waals surface area contributed by atoms with Gasteiger partial charge in [-0.25, -0.2) is 8.42 Å². The van der Waals surface area contributed by atoms with E-state index in [1.165, 1.54) is 12.1 Å². The van der Waals surface area contributed by atoms with Crippen LogP contribution in [-0.2, 0) is 16.4 Å². The maximum absolute atomic E-state index is 12.6. The van der Waals surface area contributed by atoms with Crippen molar-refractivity contribution < 1.29 is 13.2 Å². The Morgan fingerprint density at radius 2 is 1.82 bits per heavy atom. The second-order valence-electron chi connectivity index (χ2n) is 6.37. The average molecular weight is 395 g/mol. The maximum atomic E-state index is 12.6. The van der Waals surface area contributed by atoms with Gasteiger partial charge in [-0.15, -0.1) is 0 Å². The first kappa shape index (κ1) is 19.6. The molecule has 0 saturated heterocycles. The lowest BCUT2D eigenvalue weighted by molar-refractivity contribution is 0.0954. The van der Waals surface area contributed by atoms with Gasteiger partial charge in [0.25, 0.3) is 15.9 Å². The molecule has 0 atom stereocenters. The molecule has 1 heterocycles. The Labute approximate surface area is 164 Å². The van der Waals surface area contributed by atoms with Gasteiger partial charge in [-0.2, -0.15) is 0 Å². The molecule has 0 saturated carbocycles. The van der Waals surface area contributed by atoms with Crippen LogP contribution in [0.3, 0.4) is 0 Å². The maximum Gasteiger partial charge on any atom is 0.261 e. The number of amides is 1. The first-order valence-corrected chi connectivity index (χ1v) is 10.3. The Morgan fingerprint density at radius 3 is 2.54 bits per heavy atom. The molecule has 3 aromatic rings. The standard InChI is InChI=1S/C21H21N3O3S/c1-16-7-9-19(10-8-16)24-28(26,27)20-6-2-5-18(14-20)21(25)23-13-11-17-4-3-12-22-15-17/h2-10,12,14-15,24H,11,13H2,1H3,(H,23,25). The number of carbonyl (C=O) groups is 1. The number of anilines is 1. The molecule has 0 aliphatic carbocycles. The predicted octanol–water partition coefficient (Wildman–Crippen LogP) is 3.16. The summed E-state index contributed by atoms with van der Waals surface area (Å²) >= 11 is 0. The van der Waals surface area contributed by atoms with Crippen molar-refractivity contribution in [3.05, 3.63) is 89.7 Å². The molecule has 0 radical (unpaired) electrons. The lowest BCUT2D eigenvalue weighted by Crippen LogP contribution is -2.26. The molecule has 0 unspecified atom stereocenters. The third-order valence-electron chi connectivity index (χ3n) is 4.13. The zero-order chi connectivity index (χ0) is 20.0. The van der Waals surface area contributed by atoms with Crippen LogP contribution in [0, 0.1) is 6.92 Å². The average Bonchev–Trinajstić information content (AvgIpc) is 2.70. The van der Waals surface area contributed by atoms with Gasteiger partial charge in [-0.05, 0) is 55.3 Å². The molecular formula is C21H21N3O3S. The van der Waals surface area contributed by atoms with Crippen LogP contribution in [0.5, 0.6) is 0 Å². The third kappa shape index (κ3) is 5.17. The number of aryl methyl sites for hydroxylation is 1. The first-order valence-electron chi connectivity index (χ1n) is 8.81. The van der Waals surface area contributed by atoms with E-state index < -0.39 is 10.0 Å². The van der Waals surface area contributed by atoms with Crippen LogP contribution < -0.4 is 10.0 Å². The van der Waals surface area contributed by atoms with Gasteiger partial charge >= 0.3 is 0 Å². The van der Waals surface area contributed by atoms with Gasteiger partial charge in [0.15, 0.2) is 0 Å². The Morgan fingerprint density at radius 1 is 1.04 bits per heavy atom. The number of carbonyl (C=O) groups excluding carboxylic acids is 1. The summed E-state index contributed by atoms with van der Waals surface area (Å²) in [5.41, 5.74) is 2.81. The highest BCUT2D eigenvalue weighted by molar-refractivity contribution is 7.92. The van der Waals surface area contributed by atoms with E-state index in [1.807, 2.05) is 31.2 Å². The second kappa shape index (κ2) is 8.67. The van der Waals surface area contributed by atoms with E-state index in [0.717, 1.165) is 11.1 Å². The summed E-state index contributed by atoms with van der Waals surface area (Å²) in [4.78, 5) is 16.4. The molecule has 0 aliphatic heterocycles. The molecular weight excluding hydrogens is 374 g/mol. The lowest BCUT2D eigenvalue weighted by Gasteiger charge is -2.10. The molecule has 2 N–H and O–H groups in total. The van der Waals surface area contributed by atoms with Crippen molar-refractivity contribution in [2.75, 3.05) is 11.3 Å². The van der Waals surface area contributed by atoms with Crippen LogP contribution in [0.25, 0.3) is 0 Å². The van der Waals surface area contributed by atoms with E-state index in [0.29, 0.717) is 18.7 Å². The number of hydrogen-bond acceptors (Lipinski definition) is 4. The van der Waals surface area contributed by atoms with Gasteiger partial charge in [0.2, 0.25) is 0 Å². The van der Waals surface area contributed by atoms with Crippen LogP contribution >= 0.6 is 0 Å². The summed E-state index contributed by atoms with van der Waals surface area (Å²) in [5.74, 6) is -0.323. The topological polar surface area (TPSA) is 88.2 Å². The SMILES string of the molecule is Cc1ccc(NS(=O)(=O)c2cccc(C(=O)NCCc3cccnc3)c2)cc1. The molecule has 28 heavy (non-hydrogen) atoms. The number of hydrogen-bond donors (Lipinski definition) is 2. The highest BCUT2D eigenvalue weighted by Gasteiger charge is 2.16. The summed E-state index contributed by atoms with van der Waals surface area (Å²) in [7, 11) is -3.78. The monoisotopic (exact) mass is 395 g/mol. The van der Waals surface area contributed by atoms with Crippen molar-refractivity contribution in [2.45, 2.75) is 18.2 Å². The normalized spacial score (nSPS) is 11.0. The van der Waals surface area contributed by atoms with Gasteiger partial charge in [0, 0.05) is 30.2 Å². The highest BCUT2D eigenvalue weighted by atomic mass is 32.2. The van der Waals surface area contributed by atoms with E-state index in [4.69, 9.17) is 0 Å². The van der Waals surface area contributed by atoms with E-state index >= 15 is 0 Å². The molecule has 0 fully saturated rings. The van der Waals surface area contributed by atoms with Crippen molar-refractivity contribution in [3.63, 3.8) is 0 Å². The lowest BCUT2D eigenvalue weighted by atomic mass is 10.2. The van der Waals surface area contributed by atoms with Crippen LogP contribution in [0.1, 0.15) is 21.5 Å². The number of rotatable bonds is 7. The van der Waals surface area contributed by atoms with Crippen molar-refractivity contribution >= 4 is 21.6 Å². The molecule has 1 amide bonds. The number of pyridine rings is 1. The summed E-state index contributed by atoms with van der Waals surface area (Å²) < 4.78 is 27.7. The van der Waals surface area contributed by atoms with Crippen LogP contribution in [0.15, 0.2) is 78.0 Å². The predicted molar refractivity (Wildman–Crippen MR) is 109 cm³/mol. The van der Waals surface area contributed by atoms with E-state index in [-0.39, 0.29) is 16.4 Å². The van der Waals surface area contributed by atoms with E-state index in [1.54, 1.807) is 36.7 Å².